The minimum absolute atomic E-state index is 0.130. The fraction of sp³-hybridized carbons (Fsp3) is 0.200. The van der Waals surface area contributed by atoms with Gasteiger partial charge in [-0.25, -0.2) is 0 Å². The van der Waals surface area contributed by atoms with E-state index in [1.165, 1.54) is 12.1 Å². The van der Waals surface area contributed by atoms with Crippen molar-refractivity contribution in [1.29, 1.82) is 0 Å². The van der Waals surface area contributed by atoms with Crippen molar-refractivity contribution >= 4 is 32.1 Å². The van der Waals surface area contributed by atoms with Crippen LogP contribution in [0.1, 0.15) is 5.56 Å². The summed E-state index contributed by atoms with van der Waals surface area (Å²) in [7, 11) is -3.61. The van der Waals surface area contributed by atoms with Gasteiger partial charge in [-0.1, -0.05) is 40.7 Å². The summed E-state index contributed by atoms with van der Waals surface area (Å²) in [5.74, 6) is 0. The van der Waals surface area contributed by atoms with Crippen LogP contribution < -0.4 is 0 Å². The molecular weight excluding hydrogens is 280 g/mol. The summed E-state index contributed by atoms with van der Waals surface area (Å²) < 4.78 is 27.8. The maximum atomic E-state index is 11.5. The molecule has 3 nitrogen and oxygen atoms in total. The van der Waals surface area contributed by atoms with E-state index in [1.807, 2.05) is 0 Å². The molecular formula is C10H11BrO3S. The van der Waals surface area contributed by atoms with Crippen molar-refractivity contribution in [2.24, 2.45) is 0 Å². The lowest BCUT2D eigenvalue weighted by atomic mass is 10.2. The average Bonchev–Trinajstić information content (AvgIpc) is 2.26. The van der Waals surface area contributed by atoms with Crippen LogP contribution in [-0.2, 0) is 14.3 Å². The molecule has 1 aromatic carbocycles. The molecule has 0 aromatic heterocycles. The normalized spacial score (nSPS) is 11.3. The van der Waals surface area contributed by atoms with Crippen LogP contribution >= 0.6 is 15.9 Å². The SMILES string of the molecule is C=Cc1ccc(S(=O)(=O)OCCBr)cc1. The smallest absolute Gasteiger partial charge is 0.265 e. The Labute approximate surface area is 98.0 Å². The molecule has 0 unspecified atom stereocenters. The predicted octanol–water partition coefficient (Wildman–Crippen LogP) is 2.43. The quantitative estimate of drug-likeness (QED) is 0.618. The first kappa shape index (κ1) is 12.4. The van der Waals surface area contributed by atoms with Crippen molar-refractivity contribution in [3.05, 3.63) is 36.4 Å². The van der Waals surface area contributed by atoms with Gasteiger partial charge in [0.1, 0.15) is 0 Å². The summed E-state index contributed by atoms with van der Waals surface area (Å²) in [5, 5.41) is 0.483. The number of halogens is 1. The first-order valence-electron chi connectivity index (χ1n) is 4.28. The molecule has 0 aliphatic rings. The van der Waals surface area contributed by atoms with E-state index >= 15 is 0 Å². The van der Waals surface area contributed by atoms with Crippen LogP contribution in [0.4, 0.5) is 0 Å². The highest BCUT2D eigenvalue weighted by molar-refractivity contribution is 9.09. The van der Waals surface area contributed by atoms with Gasteiger partial charge >= 0.3 is 0 Å². The molecule has 0 aliphatic heterocycles. The van der Waals surface area contributed by atoms with Crippen LogP contribution in [0.15, 0.2) is 35.7 Å². The highest BCUT2D eigenvalue weighted by atomic mass is 79.9. The predicted molar refractivity (Wildman–Crippen MR) is 63.5 cm³/mol. The van der Waals surface area contributed by atoms with E-state index < -0.39 is 10.1 Å². The molecule has 0 spiro atoms. The molecule has 0 fully saturated rings. The third kappa shape index (κ3) is 3.44. The minimum atomic E-state index is -3.61. The highest BCUT2D eigenvalue weighted by Crippen LogP contribution is 2.14. The van der Waals surface area contributed by atoms with Gasteiger partial charge in [0.2, 0.25) is 0 Å². The Hall–Kier alpha value is -0.650. The fourth-order valence-corrected chi connectivity index (χ4v) is 2.26. The molecule has 0 heterocycles. The van der Waals surface area contributed by atoms with E-state index in [0.717, 1.165) is 5.56 Å². The molecule has 1 aromatic rings. The van der Waals surface area contributed by atoms with Crippen LogP contribution in [0.5, 0.6) is 0 Å². The van der Waals surface area contributed by atoms with Crippen LogP contribution in [-0.4, -0.2) is 20.4 Å². The molecule has 82 valence electrons. The van der Waals surface area contributed by atoms with Crippen LogP contribution in [0.25, 0.3) is 6.08 Å². The number of alkyl halides is 1. The van der Waals surface area contributed by atoms with Crippen molar-refractivity contribution in [2.45, 2.75) is 4.90 Å². The summed E-state index contributed by atoms with van der Waals surface area (Å²) in [6.45, 7) is 3.72. The molecule has 0 aliphatic carbocycles. The number of hydrogen-bond acceptors (Lipinski definition) is 3. The number of rotatable bonds is 5. The van der Waals surface area contributed by atoms with Gasteiger partial charge in [-0.2, -0.15) is 8.42 Å². The Morgan fingerprint density at radius 2 is 1.93 bits per heavy atom. The summed E-state index contributed by atoms with van der Waals surface area (Å²) in [4.78, 5) is 0.161. The van der Waals surface area contributed by atoms with Crippen molar-refractivity contribution in [3.63, 3.8) is 0 Å². The second-order valence-corrected chi connectivity index (χ2v) is 5.15. The number of hydrogen-bond donors (Lipinski definition) is 0. The second kappa shape index (κ2) is 5.44. The lowest BCUT2D eigenvalue weighted by Gasteiger charge is -2.03. The van der Waals surface area contributed by atoms with Gasteiger partial charge in [0.15, 0.2) is 0 Å². The van der Waals surface area contributed by atoms with E-state index in [9.17, 15) is 8.42 Å². The lowest BCUT2D eigenvalue weighted by Crippen LogP contribution is -2.08. The van der Waals surface area contributed by atoms with Gasteiger partial charge in [-0.15, -0.1) is 0 Å². The second-order valence-electron chi connectivity index (χ2n) is 2.74. The Morgan fingerprint density at radius 1 is 1.33 bits per heavy atom. The topological polar surface area (TPSA) is 43.4 Å². The molecule has 0 radical (unpaired) electrons. The van der Waals surface area contributed by atoms with Crippen LogP contribution in [0.2, 0.25) is 0 Å². The zero-order chi connectivity index (χ0) is 11.3. The number of benzene rings is 1. The Morgan fingerprint density at radius 3 is 2.40 bits per heavy atom. The maximum absolute atomic E-state index is 11.5. The standard InChI is InChI=1S/C10H11BrO3S/c1-2-9-3-5-10(6-4-9)15(12,13)14-8-7-11/h2-6H,1,7-8H2. The molecule has 0 N–H and O–H groups in total. The molecule has 0 saturated carbocycles. The monoisotopic (exact) mass is 290 g/mol. The minimum Gasteiger partial charge on any atom is -0.265 e. The maximum Gasteiger partial charge on any atom is 0.296 e. The molecule has 0 saturated heterocycles. The van der Waals surface area contributed by atoms with Crippen LogP contribution in [0.3, 0.4) is 0 Å². The fourth-order valence-electron chi connectivity index (χ4n) is 0.980. The van der Waals surface area contributed by atoms with Crippen LogP contribution in [0, 0.1) is 0 Å². The van der Waals surface area contributed by atoms with Gasteiger partial charge in [0.25, 0.3) is 10.1 Å². The summed E-state index contributed by atoms with van der Waals surface area (Å²) in [6, 6.07) is 6.36. The van der Waals surface area contributed by atoms with Gasteiger partial charge < -0.3 is 0 Å². The summed E-state index contributed by atoms with van der Waals surface area (Å²) in [6.07, 6.45) is 1.65. The third-order valence-electron chi connectivity index (χ3n) is 1.72. The zero-order valence-electron chi connectivity index (χ0n) is 8.02. The summed E-state index contributed by atoms with van der Waals surface area (Å²) in [5.41, 5.74) is 0.870. The lowest BCUT2D eigenvalue weighted by molar-refractivity contribution is 0.342. The molecule has 5 heteroatoms. The molecule has 0 bridgehead atoms. The Balaban J connectivity index is 2.90. The Kier molecular flexibility index (Phi) is 4.50. The average molecular weight is 291 g/mol. The van der Waals surface area contributed by atoms with E-state index in [2.05, 4.69) is 22.5 Å². The van der Waals surface area contributed by atoms with Gasteiger partial charge in [0, 0.05) is 5.33 Å². The summed E-state index contributed by atoms with van der Waals surface area (Å²) >= 11 is 3.09. The van der Waals surface area contributed by atoms with E-state index in [-0.39, 0.29) is 11.5 Å². The Bertz CT molecular complexity index is 422. The molecule has 0 amide bonds. The highest BCUT2D eigenvalue weighted by Gasteiger charge is 2.13. The van der Waals surface area contributed by atoms with E-state index in [4.69, 9.17) is 4.18 Å². The van der Waals surface area contributed by atoms with E-state index in [1.54, 1.807) is 18.2 Å². The van der Waals surface area contributed by atoms with Gasteiger partial charge in [-0.05, 0) is 17.7 Å². The first-order chi connectivity index (χ1) is 7.10. The largest absolute Gasteiger partial charge is 0.296 e. The molecule has 15 heavy (non-hydrogen) atoms. The van der Waals surface area contributed by atoms with Gasteiger partial charge in [-0.3, -0.25) is 4.18 Å². The third-order valence-corrected chi connectivity index (χ3v) is 3.37. The van der Waals surface area contributed by atoms with Crippen molar-refractivity contribution in [3.8, 4) is 0 Å². The van der Waals surface area contributed by atoms with Crippen molar-refractivity contribution in [2.75, 3.05) is 11.9 Å². The molecule has 1 rings (SSSR count). The van der Waals surface area contributed by atoms with Crippen molar-refractivity contribution < 1.29 is 12.6 Å². The zero-order valence-corrected chi connectivity index (χ0v) is 10.4. The van der Waals surface area contributed by atoms with E-state index in [0.29, 0.717) is 5.33 Å². The van der Waals surface area contributed by atoms with Gasteiger partial charge in [0.05, 0.1) is 11.5 Å². The molecule has 0 atom stereocenters. The van der Waals surface area contributed by atoms with Crippen molar-refractivity contribution in [1.82, 2.24) is 0 Å². The first-order valence-corrected chi connectivity index (χ1v) is 6.81.